The van der Waals surface area contributed by atoms with Crippen molar-refractivity contribution >= 4 is 43.6 Å². The van der Waals surface area contributed by atoms with E-state index in [1.165, 1.54) is 12.1 Å². The summed E-state index contributed by atoms with van der Waals surface area (Å²) in [5, 5.41) is 2.57. The third-order valence-corrected chi connectivity index (χ3v) is 10.1. The van der Waals surface area contributed by atoms with Gasteiger partial charge in [-0.25, -0.2) is 0 Å². The molecule has 0 spiro atoms. The fraction of sp³-hybridized carbons (Fsp3) is 0. The van der Waals surface area contributed by atoms with E-state index in [4.69, 9.17) is 20.6 Å². The Morgan fingerprint density at radius 1 is 0.304 bits per heavy atom. The van der Waals surface area contributed by atoms with Gasteiger partial charge in [0.2, 0.25) is 0 Å². The standard InChI is InChI=1S/C54H36N2/c1-4-17-37(18-5-1)41-34-47(38-19-6-2-7-20-38)54(48(35-41)39-21-8-3-9-22-39)40-23-16-24-42(33-40)55-52-30-15-12-27-46(52)49-36-43(31-32-53(49)55)56-50-28-13-10-25-44(50)45-26-11-14-29-51(45)56/h1-36H/i1D,2D,3D,4D,5D,6D,7D,8D,9D,10D,13D,17D,18D,19D,20D,21D,22D,25D,28D. The lowest BCUT2D eigenvalue weighted by Crippen LogP contribution is -1.97. The van der Waals surface area contributed by atoms with Crippen LogP contribution in [0.15, 0.2) is 218 Å². The minimum atomic E-state index is -0.714. The van der Waals surface area contributed by atoms with Crippen LogP contribution in [0.2, 0.25) is 0 Å². The zero-order chi connectivity index (χ0) is 53.5. The molecule has 9 aromatic carbocycles. The lowest BCUT2D eigenvalue weighted by Gasteiger charge is -2.20. The minimum absolute atomic E-state index is 0.0315. The quantitative estimate of drug-likeness (QED) is 0.161. The summed E-state index contributed by atoms with van der Waals surface area (Å²) in [7, 11) is 0. The summed E-state index contributed by atoms with van der Waals surface area (Å²) in [6.45, 7) is 0. The van der Waals surface area contributed by atoms with E-state index in [0.29, 0.717) is 38.7 Å². The van der Waals surface area contributed by atoms with Crippen LogP contribution in [0.4, 0.5) is 0 Å². The van der Waals surface area contributed by atoms with Crippen molar-refractivity contribution in [2.75, 3.05) is 0 Å². The highest BCUT2D eigenvalue weighted by Gasteiger charge is 2.20. The zero-order valence-electron chi connectivity index (χ0n) is 48.2. The molecule has 0 N–H and O–H groups in total. The maximum Gasteiger partial charge on any atom is 0.0645 e. The number of rotatable bonds is 6. The molecule has 2 heteroatoms. The van der Waals surface area contributed by atoms with Crippen molar-refractivity contribution in [1.82, 2.24) is 9.13 Å². The van der Waals surface area contributed by atoms with E-state index >= 15 is 0 Å². The summed E-state index contributed by atoms with van der Waals surface area (Å²) in [5.74, 6) is 0. The van der Waals surface area contributed by atoms with Crippen molar-refractivity contribution in [2.45, 2.75) is 0 Å². The summed E-state index contributed by atoms with van der Waals surface area (Å²) < 4.78 is 171. The predicted molar refractivity (Wildman–Crippen MR) is 237 cm³/mol. The Labute approximate surface area is 352 Å². The van der Waals surface area contributed by atoms with E-state index in [0.717, 1.165) is 16.3 Å². The van der Waals surface area contributed by atoms with Crippen LogP contribution >= 0.6 is 0 Å². The SMILES string of the molecule is [2H]c1c([2H])c([2H])c(-c2cc(-c3c([2H])c([2H])c([2H])c([2H])c3[2H])c(-c3cccc(-n4c5ccccc5c5cc(-n6c7ccccc7c7c([2H])c([2H])c([2H])c([2H])c76)ccc54)c3)c(-c3c([2H])c([2H])c([2H])c([2H])c3[2H])c2)c([2H])c1[2H]. The molecule has 0 aliphatic carbocycles. The summed E-state index contributed by atoms with van der Waals surface area (Å²) in [4.78, 5) is 0. The highest BCUT2D eigenvalue weighted by atomic mass is 15.0. The van der Waals surface area contributed by atoms with Crippen molar-refractivity contribution in [3.63, 3.8) is 0 Å². The molecule has 262 valence electrons. The van der Waals surface area contributed by atoms with Crippen LogP contribution in [-0.2, 0) is 0 Å². The largest absolute Gasteiger partial charge is 0.309 e. The van der Waals surface area contributed by atoms with Crippen molar-refractivity contribution in [2.24, 2.45) is 0 Å². The summed E-state index contributed by atoms with van der Waals surface area (Å²) in [6.07, 6.45) is 0. The Bertz CT molecular complexity index is 4190. The van der Waals surface area contributed by atoms with Crippen LogP contribution in [0, 0.1) is 0 Å². The smallest absolute Gasteiger partial charge is 0.0645 e. The monoisotopic (exact) mass is 731 g/mol. The molecule has 11 rings (SSSR count). The fourth-order valence-electron chi connectivity index (χ4n) is 7.77. The maximum atomic E-state index is 9.25. The molecule has 0 bridgehead atoms. The number of aromatic nitrogens is 2. The minimum Gasteiger partial charge on any atom is -0.309 e. The Balaban J connectivity index is 1.24. The van der Waals surface area contributed by atoms with Gasteiger partial charge in [0, 0.05) is 32.9 Å². The lowest BCUT2D eigenvalue weighted by molar-refractivity contribution is 1.17. The van der Waals surface area contributed by atoms with Crippen molar-refractivity contribution in [1.29, 1.82) is 0 Å². The molecule has 0 aliphatic rings. The molecule has 0 unspecified atom stereocenters. The molecule has 56 heavy (non-hydrogen) atoms. The Morgan fingerprint density at radius 2 is 0.821 bits per heavy atom. The Morgan fingerprint density at radius 3 is 1.48 bits per heavy atom. The van der Waals surface area contributed by atoms with Gasteiger partial charge in [0.15, 0.2) is 0 Å². The summed E-state index contributed by atoms with van der Waals surface area (Å²) >= 11 is 0. The van der Waals surface area contributed by atoms with E-state index in [9.17, 15) is 5.48 Å². The van der Waals surface area contributed by atoms with E-state index in [-0.39, 0.29) is 68.7 Å². The number of nitrogens with zero attached hydrogens (tertiary/aromatic N) is 2. The molecule has 2 aromatic heterocycles. The lowest BCUT2D eigenvalue weighted by atomic mass is 9.84. The van der Waals surface area contributed by atoms with Crippen molar-refractivity contribution in [3.8, 4) is 55.9 Å². The molecular formula is C54H36N2. The van der Waals surface area contributed by atoms with E-state index in [1.54, 1.807) is 18.2 Å². The third kappa shape index (κ3) is 5.19. The summed E-state index contributed by atoms with van der Waals surface area (Å²) in [5.41, 5.74) is 2.32. The highest BCUT2D eigenvalue weighted by molar-refractivity contribution is 6.12. The zero-order valence-corrected chi connectivity index (χ0v) is 29.2. The van der Waals surface area contributed by atoms with Gasteiger partial charge in [-0.05, 0) is 105 Å². The molecular weight excluding hydrogens is 677 g/mol. The van der Waals surface area contributed by atoms with Gasteiger partial charge in [-0.15, -0.1) is 0 Å². The van der Waals surface area contributed by atoms with Gasteiger partial charge in [0.25, 0.3) is 0 Å². The number of benzene rings is 9. The first kappa shape index (κ1) is 18.3. The van der Waals surface area contributed by atoms with Crippen molar-refractivity contribution in [3.05, 3.63) is 218 Å². The van der Waals surface area contributed by atoms with E-state index < -0.39 is 90.6 Å². The normalized spacial score (nSPS) is 16.3. The van der Waals surface area contributed by atoms with Gasteiger partial charge >= 0.3 is 0 Å². The number of hydrogen-bond donors (Lipinski definition) is 0. The molecule has 2 heterocycles. The highest BCUT2D eigenvalue weighted by Crippen LogP contribution is 2.44. The fourth-order valence-corrected chi connectivity index (χ4v) is 7.77. The first-order valence-corrected chi connectivity index (χ1v) is 17.7. The van der Waals surface area contributed by atoms with Crippen LogP contribution in [-0.4, -0.2) is 9.13 Å². The summed E-state index contributed by atoms with van der Waals surface area (Å²) in [6, 6.07) is 18.7. The van der Waals surface area contributed by atoms with E-state index in [2.05, 4.69) is 0 Å². The van der Waals surface area contributed by atoms with Crippen molar-refractivity contribution < 1.29 is 26.0 Å². The van der Waals surface area contributed by atoms with Gasteiger partial charge in [-0.2, -0.15) is 0 Å². The van der Waals surface area contributed by atoms with E-state index in [1.807, 2.05) is 81.9 Å². The molecule has 0 fully saturated rings. The molecule has 2 nitrogen and oxygen atoms in total. The first-order valence-electron chi connectivity index (χ1n) is 27.2. The van der Waals surface area contributed by atoms with Gasteiger partial charge in [-0.3, -0.25) is 0 Å². The average molecular weight is 732 g/mol. The number of fused-ring (bicyclic) bond motifs is 6. The maximum absolute atomic E-state index is 9.25. The second-order valence-corrected chi connectivity index (χ2v) is 13.1. The Kier molecular flexibility index (Phi) is 4.29. The van der Waals surface area contributed by atoms with Gasteiger partial charge in [0.1, 0.15) is 0 Å². The first-order chi connectivity index (χ1) is 35.7. The number of hydrogen-bond acceptors (Lipinski definition) is 0. The molecule has 0 saturated heterocycles. The van der Waals surface area contributed by atoms with Gasteiger partial charge < -0.3 is 9.13 Å². The predicted octanol–water partition coefficient (Wildman–Crippen LogP) is 14.5. The molecule has 0 amide bonds. The van der Waals surface area contributed by atoms with Crippen LogP contribution in [0.5, 0.6) is 0 Å². The molecule has 11 aromatic rings. The van der Waals surface area contributed by atoms with Gasteiger partial charge in [0.05, 0.1) is 48.1 Å². The third-order valence-electron chi connectivity index (χ3n) is 10.1. The van der Waals surface area contributed by atoms with Crippen LogP contribution in [0.25, 0.3) is 99.5 Å². The second-order valence-electron chi connectivity index (χ2n) is 13.1. The topological polar surface area (TPSA) is 9.86 Å². The second kappa shape index (κ2) is 13.2. The average Bonchev–Trinajstić information content (AvgIpc) is 4.03. The molecule has 0 atom stereocenters. The van der Waals surface area contributed by atoms with Gasteiger partial charge in [-0.1, -0.05) is 157 Å². The molecule has 0 aliphatic heterocycles. The Hall–Kier alpha value is -7.42. The molecule has 0 saturated carbocycles. The van der Waals surface area contributed by atoms with Crippen LogP contribution in [0.3, 0.4) is 0 Å². The molecule has 0 radical (unpaired) electrons. The van der Waals surface area contributed by atoms with Crippen LogP contribution in [0.1, 0.15) is 26.0 Å². The number of para-hydroxylation sites is 3. The van der Waals surface area contributed by atoms with Crippen LogP contribution < -0.4 is 0 Å².